The van der Waals surface area contributed by atoms with Gasteiger partial charge in [0.15, 0.2) is 5.65 Å². The van der Waals surface area contributed by atoms with Gasteiger partial charge in [-0.3, -0.25) is 0 Å². The highest BCUT2D eigenvalue weighted by atomic mass is 19.1. The molecule has 2 atom stereocenters. The Bertz CT molecular complexity index is 1100. The van der Waals surface area contributed by atoms with Crippen LogP contribution in [0.3, 0.4) is 0 Å². The number of hydrogen-bond donors (Lipinski definition) is 1. The standard InChI is InChI=1S/C23H28F2N6O/c1-14(24)16-6-5-7-17(20(16)25)15(2)28-21-18-12-19(31-10-8-30(3)9-11-31)23(32-4)29-22(18)27-13-26-21/h5-7,12-15H,8-11H2,1-4H3,(H,26,27,28,29)/t14?,15-/m1/s1. The third-order valence-electron chi connectivity index (χ3n) is 5.91. The normalized spacial score (nSPS) is 16.8. The van der Waals surface area contributed by atoms with Crippen LogP contribution >= 0.6 is 0 Å². The molecule has 0 saturated carbocycles. The summed E-state index contributed by atoms with van der Waals surface area (Å²) in [5.41, 5.74) is 1.78. The van der Waals surface area contributed by atoms with Crippen molar-refractivity contribution in [2.24, 2.45) is 0 Å². The van der Waals surface area contributed by atoms with Gasteiger partial charge in [0.25, 0.3) is 0 Å². The van der Waals surface area contributed by atoms with Gasteiger partial charge in [0, 0.05) is 37.3 Å². The molecule has 9 heteroatoms. The van der Waals surface area contributed by atoms with E-state index in [4.69, 9.17) is 4.74 Å². The highest BCUT2D eigenvalue weighted by Gasteiger charge is 2.22. The van der Waals surface area contributed by atoms with Gasteiger partial charge in [-0.1, -0.05) is 18.2 Å². The topological polar surface area (TPSA) is 66.4 Å². The smallest absolute Gasteiger partial charge is 0.239 e. The summed E-state index contributed by atoms with van der Waals surface area (Å²) >= 11 is 0. The van der Waals surface area contributed by atoms with E-state index >= 15 is 0 Å². The number of ether oxygens (including phenoxy) is 1. The molecule has 2 aromatic heterocycles. The van der Waals surface area contributed by atoms with Crippen LogP contribution in [0.5, 0.6) is 5.88 Å². The number of alkyl halides is 1. The van der Waals surface area contributed by atoms with E-state index < -0.39 is 18.0 Å². The fourth-order valence-electron chi connectivity index (χ4n) is 3.99. The van der Waals surface area contributed by atoms with Gasteiger partial charge in [-0.05, 0) is 27.0 Å². The minimum atomic E-state index is -1.38. The highest BCUT2D eigenvalue weighted by Crippen LogP contribution is 2.34. The van der Waals surface area contributed by atoms with Gasteiger partial charge in [-0.2, -0.15) is 4.98 Å². The summed E-state index contributed by atoms with van der Waals surface area (Å²) in [6, 6.07) is 6.31. The van der Waals surface area contributed by atoms with Gasteiger partial charge >= 0.3 is 0 Å². The SMILES string of the molecule is COc1nc2ncnc(N[C@H](C)c3cccc(C(C)F)c3F)c2cc1N1CCN(C)CC1. The van der Waals surface area contributed by atoms with Crippen LogP contribution in [-0.2, 0) is 0 Å². The summed E-state index contributed by atoms with van der Waals surface area (Å²) in [5, 5.41) is 3.97. The Morgan fingerprint density at radius 1 is 1.09 bits per heavy atom. The molecule has 3 heterocycles. The van der Waals surface area contributed by atoms with Crippen LogP contribution in [0.4, 0.5) is 20.3 Å². The zero-order valence-electron chi connectivity index (χ0n) is 18.8. The number of halogens is 2. The van der Waals surface area contributed by atoms with Gasteiger partial charge in [0.05, 0.1) is 18.5 Å². The summed E-state index contributed by atoms with van der Waals surface area (Å²) in [5.74, 6) is 0.500. The lowest BCUT2D eigenvalue weighted by Gasteiger charge is -2.34. The molecular weight excluding hydrogens is 414 g/mol. The minimum absolute atomic E-state index is 0.0486. The molecule has 0 bridgehead atoms. The van der Waals surface area contributed by atoms with Crippen molar-refractivity contribution in [1.29, 1.82) is 0 Å². The average molecular weight is 443 g/mol. The molecule has 0 spiro atoms. The van der Waals surface area contributed by atoms with Crippen LogP contribution in [-0.4, -0.2) is 60.2 Å². The summed E-state index contributed by atoms with van der Waals surface area (Å²) in [6.07, 6.45) is 0.0281. The number of benzene rings is 1. The Kier molecular flexibility index (Phi) is 6.36. The minimum Gasteiger partial charge on any atom is -0.479 e. The number of nitrogens with one attached hydrogen (secondary N) is 1. The molecule has 0 radical (unpaired) electrons. The van der Waals surface area contributed by atoms with E-state index in [9.17, 15) is 8.78 Å². The number of pyridine rings is 1. The van der Waals surface area contributed by atoms with Crippen LogP contribution < -0.4 is 15.0 Å². The summed E-state index contributed by atoms with van der Waals surface area (Å²) < 4.78 is 34.2. The van der Waals surface area contributed by atoms with Crippen LogP contribution in [0.25, 0.3) is 11.0 Å². The number of methoxy groups -OCH3 is 1. The van der Waals surface area contributed by atoms with Crippen molar-refractivity contribution < 1.29 is 13.5 Å². The summed E-state index contributed by atoms with van der Waals surface area (Å²) in [7, 11) is 3.69. The predicted molar refractivity (Wildman–Crippen MR) is 122 cm³/mol. The van der Waals surface area contributed by atoms with Gasteiger partial charge in [-0.15, -0.1) is 0 Å². The van der Waals surface area contributed by atoms with E-state index in [0.717, 1.165) is 31.9 Å². The average Bonchev–Trinajstić information content (AvgIpc) is 2.79. The zero-order valence-corrected chi connectivity index (χ0v) is 18.8. The van der Waals surface area contributed by atoms with Crippen molar-refractivity contribution in [1.82, 2.24) is 19.9 Å². The van der Waals surface area contributed by atoms with E-state index in [1.807, 2.05) is 13.0 Å². The second-order valence-electron chi connectivity index (χ2n) is 8.13. The fourth-order valence-corrected chi connectivity index (χ4v) is 3.99. The first kappa shape index (κ1) is 22.1. The van der Waals surface area contributed by atoms with E-state index in [1.165, 1.54) is 19.3 Å². The van der Waals surface area contributed by atoms with Crippen molar-refractivity contribution in [3.05, 3.63) is 47.5 Å². The third-order valence-corrected chi connectivity index (χ3v) is 5.91. The van der Waals surface area contributed by atoms with Gasteiger partial charge in [-0.25, -0.2) is 18.7 Å². The molecule has 4 rings (SSSR count). The van der Waals surface area contributed by atoms with Crippen molar-refractivity contribution in [2.45, 2.75) is 26.1 Å². The van der Waals surface area contributed by atoms with Crippen molar-refractivity contribution in [3.63, 3.8) is 0 Å². The molecule has 32 heavy (non-hydrogen) atoms. The number of rotatable bonds is 6. The Morgan fingerprint density at radius 3 is 2.50 bits per heavy atom. The largest absolute Gasteiger partial charge is 0.479 e. The molecule has 0 amide bonds. The van der Waals surface area contributed by atoms with E-state index in [0.29, 0.717) is 28.3 Å². The van der Waals surface area contributed by atoms with Gasteiger partial charge < -0.3 is 19.9 Å². The summed E-state index contributed by atoms with van der Waals surface area (Å²) in [4.78, 5) is 17.8. The molecule has 170 valence electrons. The Balaban J connectivity index is 1.70. The Hall–Kier alpha value is -3.07. The molecular formula is C23H28F2N6O. The number of aromatic nitrogens is 3. The van der Waals surface area contributed by atoms with Crippen LogP contribution in [0, 0.1) is 5.82 Å². The monoisotopic (exact) mass is 442 g/mol. The second-order valence-corrected chi connectivity index (χ2v) is 8.13. The van der Waals surface area contributed by atoms with Crippen LogP contribution in [0.15, 0.2) is 30.6 Å². The number of fused-ring (bicyclic) bond motifs is 1. The number of likely N-dealkylation sites (N-methyl/N-ethyl adjacent to an activating group) is 1. The zero-order chi connectivity index (χ0) is 22.8. The first-order valence-corrected chi connectivity index (χ1v) is 10.7. The Labute approximate surface area is 186 Å². The number of hydrogen-bond acceptors (Lipinski definition) is 7. The van der Waals surface area contributed by atoms with Crippen LogP contribution in [0.1, 0.15) is 37.2 Å². The molecule has 0 aliphatic carbocycles. The molecule has 1 N–H and O–H groups in total. The molecule has 1 aromatic carbocycles. The fraction of sp³-hybridized carbons (Fsp3) is 0.435. The molecule has 1 fully saturated rings. The van der Waals surface area contributed by atoms with Gasteiger partial charge in [0.2, 0.25) is 5.88 Å². The highest BCUT2D eigenvalue weighted by molar-refractivity contribution is 5.90. The first-order valence-electron chi connectivity index (χ1n) is 10.7. The van der Waals surface area contributed by atoms with E-state index in [2.05, 4.69) is 37.1 Å². The third kappa shape index (κ3) is 4.29. The first-order chi connectivity index (χ1) is 15.4. The van der Waals surface area contributed by atoms with Crippen molar-refractivity contribution in [3.8, 4) is 5.88 Å². The number of nitrogens with zero attached hydrogens (tertiary/aromatic N) is 5. The molecule has 3 aromatic rings. The second kappa shape index (κ2) is 9.20. The lowest BCUT2D eigenvalue weighted by molar-refractivity contribution is 0.310. The van der Waals surface area contributed by atoms with Gasteiger partial charge in [0.1, 0.15) is 29.8 Å². The molecule has 1 saturated heterocycles. The number of piperazine rings is 1. The molecule has 1 aliphatic heterocycles. The maximum absolute atomic E-state index is 14.9. The predicted octanol–water partition coefficient (Wildman–Crippen LogP) is 4.13. The molecule has 7 nitrogen and oxygen atoms in total. The van der Waals surface area contributed by atoms with Crippen molar-refractivity contribution in [2.75, 3.05) is 50.6 Å². The maximum Gasteiger partial charge on any atom is 0.239 e. The number of anilines is 2. The lowest BCUT2D eigenvalue weighted by atomic mass is 10.0. The Morgan fingerprint density at radius 2 is 1.81 bits per heavy atom. The molecule has 1 aliphatic rings. The van der Waals surface area contributed by atoms with E-state index in [1.54, 1.807) is 19.2 Å². The van der Waals surface area contributed by atoms with Crippen molar-refractivity contribution >= 4 is 22.5 Å². The summed E-state index contributed by atoms with van der Waals surface area (Å²) in [6.45, 7) is 6.74. The molecule has 1 unspecified atom stereocenters. The quantitative estimate of drug-likeness (QED) is 0.616. The van der Waals surface area contributed by atoms with E-state index in [-0.39, 0.29) is 5.56 Å². The van der Waals surface area contributed by atoms with Crippen LogP contribution in [0.2, 0.25) is 0 Å². The lowest BCUT2D eigenvalue weighted by Crippen LogP contribution is -2.44. The maximum atomic E-state index is 14.9.